The number of rotatable bonds is 3. The van der Waals surface area contributed by atoms with Crippen molar-refractivity contribution in [3.05, 3.63) is 52.3 Å². The first kappa shape index (κ1) is 13.4. The van der Waals surface area contributed by atoms with Gasteiger partial charge in [0.15, 0.2) is 0 Å². The zero-order valence-corrected chi connectivity index (χ0v) is 11.3. The van der Waals surface area contributed by atoms with E-state index in [1.165, 1.54) is 30.3 Å². The molecular weight excluding hydrogens is 315 g/mol. The average molecular weight is 325 g/mol. The fraction of sp³-hybridized carbons (Fsp3) is 0. The van der Waals surface area contributed by atoms with Crippen molar-refractivity contribution in [2.45, 2.75) is 0 Å². The molecule has 0 saturated carbocycles. The van der Waals surface area contributed by atoms with Crippen LogP contribution in [0.1, 0.15) is 10.4 Å². The molecule has 19 heavy (non-hydrogen) atoms. The van der Waals surface area contributed by atoms with E-state index in [-0.39, 0.29) is 15.8 Å². The van der Waals surface area contributed by atoms with Crippen molar-refractivity contribution in [1.29, 1.82) is 0 Å². The van der Waals surface area contributed by atoms with E-state index < -0.39 is 11.7 Å². The summed E-state index contributed by atoms with van der Waals surface area (Å²) in [5, 5.41) is 0. The Labute approximate surface area is 117 Å². The van der Waals surface area contributed by atoms with Gasteiger partial charge in [0, 0.05) is 11.8 Å². The van der Waals surface area contributed by atoms with E-state index in [0.717, 1.165) is 0 Å². The Morgan fingerprint density at radius 3 is 2.58 bits per heavy atom. The molecule has 0 bridgehead atoms. The standard InChI is InChI=1S/C13H10BrFN2O2/c14-10-6-8(2-4-11(10)15)19-12-5-7(16)1-3-9(12)13(17)18/h1-6H,16H2,(H2,17,18). The van der Waals surface area contributed by atoms with Gasteiger partial charge in [-0.15, -0.1) is 0 Å². The van der Waals surface area contributed by atoms with Crippen molar-refractivity contribution in [1.82, 2.24) is 0 Å². The fourth-order valence-electron chi connectivity index (χ4n) is 1.49. The topological polar surface area (TPSA) is 78.3 Å². The molecular formula is C13H10BrFN2O2. The quantitative estimate of drug-likeness (QED) is 0.851. The molecule has 0 unspecified atom stereocenters. The summed E-state index contributed by atoms with van der Waals surface area (Å²) in [5.41, 5.74) is 11.5. The Morgan fingerprint density at radius 1 is 1.21 bits per heavy atom. The van der Waals surface area contributed by atoms with Crippen LogP contribution in [0.2, 0.25) is 0 Å². The predicted octanol–water partition coefficient (Wildman–Crippen LogP) is 3.06. The van der Waals surface area contributed by atoms with Crippen LogP contribution in [-0.4, -0.2) is 5.91 Å². The number of hydrogen-bond acceptors (Lipinski definition) is 3. The fourth-order valence-corrected chi connectivity index (χ4v) is 1.85. The average Bonchev–Trinajstić information content (AvgIpc) is 2.33. The van der Waals surface area contributed by atoms with Gasteiger partial charge in [-0.3, -0.25) is 4.79 Å². The van der Waals surface area contributed by atoms with Crippen molar-refractivity contribution in [2.75, 3.05) is 5.73 Å². The number of carbonyl (C=O) groups is 1. The first-order valence-electron chi connectivity index (χ1n) is 5.29. The second kappa shape index (κ2) is 5.27. The molecule has 0 aromatic heterocycles. The lowest BCUT2D eigenvalue weighted by atomic mass is 10.1. The second-order valence-electron chi connectivity index (χ2n) is 3.80. The normalized spacial score (nSPS) is 10.2. The van der Waals surface area contributed by atoms with Crippen LogP contribution in [0.4, 0.5) is 10.1 Å². The summed E-state index contributed by atoms with van der Waals surface area (Å²) in [6.45, 7) is 0. The number of nitrogens with two attached hydrogens (primary N) is 2. The summed E-state index contributed by atoms with van der Waals surface area (Å²) >= 11 is 3.05. The minimum atomic E-state index is -0.629. The number of hydrogen-bond donors (Lipinski definition) is 2. The number of nitrogen functional groups attached to an aromatic ring is 1. The highest BCUT2D eigenvalue weighted by atomic mass is 79.9. The zero-order chi connectivity index (χ0) is 14.0. The van der Waals surface area contributed by atoms with Crippen LogP contribution in [0, 0.1) is 5.82 Å². The number of anilines is 1. The van der Waals surface area contributed by atoms with E-state index in [9.17, 15) is 9.18 Å². The number of benzene rings is 2. The number of primary amides is 1. The summed E-state index contributed by atoms with van der Waals surface area (Å²) in [4.78, 5) is 11.3. The highest BCUT2D eigenvalue weighted by Gasteiger charge is 2.11. The SMILES string of the molecule is NC(=O)c1ccc(N)cc1Oc1ccc(F)c(Br)c1. The van der Waals surface area contributed by atoms with Crippen molar-refractivity contribution in [2.24, 2.45) is 5.73 Å². The molecule has 98 valence electrons. The van der Waals surface area contributed by atoms with Gasteiger partial charge >= 0.3 is 0 Å². The highest BCUT2D eigenvalue weighted by Crippen LogP contribution is 2.29. The minimum absolute atomic E-state index is 0.203. The van der Waals surface area contributed by atoms with Crippen molar-refractivity contribution < 1.29 is 13.9 Å². The minimum Gasteiger partial charge on any atom is -0.456 e. The van der Waals surface area contributed by atoms with E-state index >= 15 is 0 Å². The smallest absolute Gasteiger partial charge is 0.252 e. The molecule has 6 heteroatoms. The highest BCUT2D eigenvalue weighted by molar-refractivity contribution is 9.10. The summed E-state index contributed by atoms with van der Waals surface area (Å²) in [6, 6.07) is 8.64. The van der Waals surface area contributed by atoms with Crippen molar-refractivity contribution in [3.63, 3.8) is 0 Å². The van der Waals surface area contributed by atoms with E-state index in [0.29, 0.717) is 11.4 Å². The van der Waals surface area contributed by atoms with Crippen LogP contribution in [0.25, 0.3) is 0 Å². The molecule has 1 amide bonds. The zero-order valence-electron chi connectivity index (χ0n) is 9.69. The van der Waals surface area contributed by atoms with E-state index in [1.54, 1.807) is 6.07 Å². The Hall–Kier alpha value is -2.08. The van der Waals surface area contributed by atoms with Gasteiger partial charge in [-0.25, -0.2) is 4.39 Å². The van der Waals surface area contributed by atoms with Crippen LogP contribution in [0.3, 0.4) is 0 Å². The van der Waals surface area contributed by atoms with Gasteiger partial charge in [-0.2, -0.15) is 0 Å². The summed E-state index contributed by atoms with van der Waals surface area (Å²) in [6.07, 6.45) is 0. The molecule has 0 fully saturated rings. The Balaban J connectivity index is 2.39. The molecule has 0 aliphatic heterocycles. The Bertz CT molecular complexity index is 647. The van der Waals surface area contributed by atoms with Gasteiger partial charge in [0.05, 0.1) is 10.0 Å². The Kier molecular flexibility index (Phi) is 3.71. The van der Waals surface area contributed by atoms with Crippen LogP contribution in [0.5, 0.6) is 11.5 Å². The molecule has 2 aromatic rings. The third kappa shape index (κ3) is 3.03. The third-order valence-electron chi connectivity index (χ3n) is 2.39. The van der Waals surface area contributed by atoms with Crippen LogP contribution in [0.15, 0.2) is 40.9 Å². The van der Waals surface area contributed by atoms with Gasteiger partial charge < -0.3 is 16.2 Å². The second-order valence-corrected chi connectivity index (χ2v) is 4.65. The molecule has 4 nitrogen and oxygen atoms in total. The molecule has 0 heterocycles. The lowest BCUT2D eigenvalue weighted by Gasteiger charge is -2.10. The molecule has 0 spiro atoms. The number of amides is 1. The molecule has 4 N–H and O–H groups in total. The largest absolute Gasteiger partial charge is 0.456 e. The summed E-state index contributed by atoms with van der Waals surface area (Å²) in [5.74, 6) is -0.446. The van der Waals surface area contributed by atoms with Gasteiger partial charge in [0.1, 0.15) is 17.3 Å². The molecule has 0 saturated heterocycles. The molecule has 0 aliphatic carbocycles. The molecule has 2 rings (SSSR count). The lowest BCUT2D eigenvalue weighted by Crippen LogP contribution is -2.12. The van der Waals surface area contributed by atoms with Gasteiger partial charge in [-0.1, -0.05) is 0 Å². The van der Waals surface area contributed by atoms with Crippen molar-refractivity contribution in [3.8, 4) is 11.5 Å². The molecule has 2 aromatic carbocycles. The monoisotopic (exact) mass is 324 g/mol. The maximum atomic E-state index is 13.1. The predicted molar refractivity (Wildman–Crippen MR) is 73.5 cm³/mol. The third-order valence-corrected chi connectivity index (χ3v) is 3.00. The van der Waals surface area contributed by atoms with Crippen LogP contribution >= 0.6 is 15.9 Å². The lowest BCUT2D eigenvalue weighted by molar-refractivity contribution is 0.0998. The number of halogens is 2. The molecule has 0 aliphatic rings. The maximum absolute atomic E-state index is 13.1. The van der Waals surface area contributed by atoms with Gasteiger partial charge in [0.2, 0.25) is 0 Å². The molecule has 0 radical (unpaired) electrons. The Morgan fingerprint density at radius 2 is 1.95 bits per heavy atom. The van der Waals surface area contributed by atoms with Gasteiger partial charge in [0.25, 0.3) is 5.91 Å². The van der Waals surface area contributed by atoms with E-state index in [4.69, 9.17) is 16.2 Å². The first-order valence-corrected chi connectivity index (χ1v) is 6.09. The van der Waals surface area contributed by atoms with Crippen molar-refractivity contribution >= 4 is 27.5 Å². The molecule has 0 atom stereocenters. The van der Waals surface area contributed by atoms with E-state index in [2.05, 4.69) is 15.9 Å². The van der Waals surface area contributed by atoms with Gasteiger partial charge in [-0.05, 0) is 46.3 Å². The number of carbonyl (C=O) groups excluding carboxylic acids is 1. The van der Waals surface area contributed by atoms with Crippen LogP contribution in [-0.2, 0) is 0 Å². The van der Waals surface area contributed by atoms with Crippen LogP contribution < -0.4 is 16.2 Å². The summed E-state index contributed by atoms with van der Waals surface area (Å²) in [7, 11) is 0. The van der Waals surface area contributed by atoms with E-state index in [1.807, 2.05) is 0 Å². The number of ether oxygens (including phenoxy) is 1. The first-order chi connectivity index (χ1) is 8.97. The summed E-state index contributed by atoms with van der Waals surface area (Å²) < 4.78 is 18.9. The maximum Gasteiger partial charge on any atom is 0.252 e.